The Labute approximate surface area is 148 Å². The van der Waals surface area contributed by atoms with E-state index in [0.717, 1.165) is 11.4 Å². The van der Waals surface area contributed by atoms with Crippen LogP contribution in [0.15, 0.2) is 48.9 Å². The molecule has 0 atom stereocenters. The molecular weight excluding hydrogens is 330 g/mol. The monoisotopic (exact) mass is 343 g/mol. The van der Waals surface area contributed by atoms with E-state index in [1.54, 1.807) is 47.5 Å². The number of H-pyrrole nitrogens is 1. The third kappa shape index (κ3) is 3.11. The van der Waals surface area contributed by atoms with E-state index in [4.69, 9.17) is 11.0 Å². The molecule has 0 aliphatic heterocycles. The van der Waals surface area contributed by atoms with Crippen LogP contribution in [-0.2, 0) is 6.54 Å². The van der Waals surface area contributed by atoms with Gasteiger partial charge in [0.25, 0.3) is 0 Å². The molecule has 9 heteroatoms. The number of hydrogen-bond acceptors (Lipinski definition) is 7. The Morgan fingerprint density at radius 3 is 2.85 bits per heavy atom. The zero-order chi connectivity index (χ0) is 17.9. The predicted octanol–water partition coefficient (Wildman–Crippen LogP) is 1.63. The molecule has 0 spiro atoms. The first-order valence-corrected chi connectivity index (χ1v) is 7.75. The molecule has 0 unspecified atom stereocenters. The molecule has 26 heavy (non-hydrogen) atoms. The van der Waals surface area contributed by atoms with Crippen LogP contribution in [0.2, 0.25) is 0 Å². The Balaban J connectivity index is 1.68. The molecule has 3 heterocycles. The number of nitriles is 1. The maximum absolute atomic E-state index is 9.07. The summed E-state index contributed by atoms with van der Waals surface area (Å²) in [6.45, 7) is 0.470. The molecule has 0 saturated carbocycles. The lowest BCUT2D eigenvalue weighted by molar-refractivity contribution is 0.629. The van der Waals surface area contributed by atoms with Crippen molar-refractivity contribution in [2.75, 3.05) is 5.73 Å². The third-order valence-electron chi connectivity index (χ3n) is 3.70. The van der Waals surface area contributed by atoms with Gasteiger partial charge in [0.1, 0.15) is 18.1 Å². The van der Waals surface area contributed by atoms with E-state index in [-0.39, 0.29) is 5.95 Å². The van der Waals surface area contributed by atoms with E-state index in [9.17, 15) is 0 Å². The fourth-order valence-corrected chi connectivity index (χ4v) is 2.52. The van der Waals surface area contributed by atoms with Gasteiger partial charge in [-0.25, -0.2) is 19.6 Å². The molecular formula is C17H13N9. The lowest BCUT2D eigenvalue weighted by Crippen LogP contribution is -2.01. The summed E-state index contributed by atoms with van der Waals surface area (Å²) in [5, 5.41) is 17.3. The lowest BCUT2D eigenvalue weighted by atomic mass is 10.1. The number of nitrogens with one attached hydrogen (secondary N) is 1. The standard InChI is InChI=1S/C17H13N9/c18-8-11-2-1-3-12(6-11)13-7-14(23-17(19)22-13)15-9-26(25-24-15)10-16-20-4-5-21-16/h1-7,9H,10H2,(H,20,21)(H2,19,22,23). The molecule has 3 aromatic heterocycles. The smallest absolute Gasteiger partial charge is 0.221 e. The largest absolute Gasteiger partial charge is 0.368 e. The number of nitrogens with two attached hydrogens (primary N) is 1. The van der Waals surface area contributed by atoms with Gasteiger partial charge in [-0.2, -0.15) is 5.26 Å². The van der Waals surface area contributed by atoms with Crippen molar-refractivity contribution in [3.8, 4) is 28.7 Å². The van der Waals surface area contributed by atoms with E-state index in [2.05, 4.69) is 36.3 Å². The topological polar surface area (TPSA) is 135 Å². The summed E-state index contributed by atoms with van der Waals surface area (Å²) in [6.07, 6.45) is 5.19. The SMILES string of the molecule is N#Cc1cccc(-c2cc(-c3cn(Cc4ncc[nH]4)nn3)nc(N)n2)c1. The molecule has 9 nitrogen and oxygen atoms in total. The van der Waals surface area contributed by atoms with Crippen molar-refractivity contribution in [2.24, 2.45) is 0 Å². The molecule has 4 rings (SSSR count). The van der Waals surface area contributed by atoms with Gasteiger partial charge in [-0.15, -0.1) is 5.10 Å². The van der Waals surface area contributed by atoms with Gasteiger partial charge < -0.3 is 10.7 Å². The van der Waals surface area contributed by atoms with Crippen molar-refractivity contribution in [1.29, 1.82) is 5.26 Å². The summed E-state index contributed by atoms with van der Waals surface area (Å²) in [4.78, 5) is 15.7. The fraction of sp³-hybridized carbons (Fsp3) is 0.0588. The second kappa shape index (κ2) is 6.45. The maximum Gasteiger partial charge on any atom is 0.221 e. The average Bonchev–Trinajstić information content (AvgIpc) is 3.34. The van der Waals surface area contributed by atoms with E-state index >= 15 is 0 Å². The zero-order valence-electron chi connectivity index (χ0n) is 13.5. The Bertz CT molecular complexity index is 1090. The minimum Gasteiger partial charge on any atom is -0.368 e. The van der Waals surface area contributed by atoms with Crippen LogP contribution in [-0.4, -0.2) is 34.9 Å². The van der Waals surface area contributed by atoms with Crippen LogP contribution < -0.4 is 5.73 Å². The molecule has 4 aromatic rings. The number of hydrogen-bond donors (Lipinski definition) is 2. The highest BCUT2D eigenvalue weighted by atomic mass is 15.4. The molecule has 1 aromatic carbocycles. The van der Waals surface area contributed by atoms with E-state index in [0.29, 0.717) is 29.2 Å². The summed E-state index contributed by atoms with van der Waals surface area (Å²) < 4.78 is 1.66. The van der Waals surface area contributed by atoms with Gasteiger partial charge >= 0.3 is 0 Å². The number of imidazole rings is 1. The first-order valence-electron chi connectivity index (χ1n) is 7.75. The maximum atomic E-state index is 9.07. The minimum absolute atomic E-state index is 0.125. The number of aromatic amines is 1. The van der Waals surface area contributed by atoms with Crippen LogP contribution in [0, 0.1) is 11.3 Å². The van der Waals surface area contributed by atoms with Crippen LogP contribution in [0.1, 0.15) is 11.4 Å². The first-order chi connectivity index (χ1) is 12.7. The van der Waals surface area contributed by atoms with Crippen molar-refractivity contribution in [2.45, 2.75) is 6.54 Å². The Hall–Kier alpha value is -4.06. The van der Waals surface area contributed by atoms with Gasteiger partial charge in [0.2, 0.25) is 5.95 Å². The van der Waals surface area contributed by atoms with Crippen molar-refractivity contribution in [3.63, 3.8) is 0 Å². The molecule has 0 radical (unpaired) electrons. The van der Waals surface area contributed by atoms with E-state index in [1.807, 2.05) is 6.07 Å². The highest BCUT2D eigenvalue weighted by Crippen LogP contribution is 2.24. The van der Waals surface area contributed by atoms with E-state index < -0.39 is 0 Å². The lowest BCUT2D eigenvalue weighted by Gasteiger charge is -2.04. The Morgan fingerprint density at radius 1 is 1.15 bits per heavy atom. The van der Waals surface area contributed by atoms with Crippen molar-refractivity contribution < 1.29 is 0 Å². The minimum atomic E-state index is 0.125. The zero-order valence-corrected chi connectivity index (χ0v) is 13.5. The van der Waals surface area contributed by atoms with Crippen LogP contribution in [0.5, 0.6) is 0 Å². The average molecular weight is 343 g/mol. The number of rotatable bonds is 4. The van der Waals surface area contributed by atoms with Gasteiger partial charge in [0, 0.05) is 18.0 Å². The molecule has 0 aliphatic carbocycles. The summed E-state index contributed by atoms with van der Waals surface area (Å²) in [5.74, 6) is 0.901. The summed E-state index contributed by atoms with van der Waals surface area (Å²) in [6, 6.07) is 11.0. The Kier molecular flexibility index (Phi) is 3.83. The van der Waals surface area contributed by atoms with Gasteiger partial charge in [-0.3, -0.25) is 0 Å². The molecule has 0 fully saturated rings. The van der Waals surface area contributed by atoms with Crippen molar-refractivity contribution in [3.05, 3.63) is 60.3 Å². The number of anilines is 1. The quantitative estimate of drug-likeness (QED) is 0.575. The van der Waals surface area contributed by atoms with Gasteiger partial charge in [0.15, 0.2) is 0 Å². The number of benzene rings is 1. The molecule has 0 bridgehead atoms. The predicted molar refractivity (Wildman–Crippen MR) is 93.3 cm³/mol. The fourth-order valence-electron chi connectivity index (χ4n) is 2.52. The second-order valence-corrected chi connectivity index (χ2v) is 5.53. The summed E-state index contributed by atoms with van der Waals surface area (Å²) in [7, 11) is 0. The highest BCUT2D eigenvalue weighted by Gasteiger charge is 2.11. The third-order valence-corrected chi connectivity index (χ3v) is 3.70. The van der Waals surface area contributed by atoms with Crippen LogP contribution in [0.3, 0.4) is 0 Å². The Morgan fingerprint density at radius 2 is 2.04 bits per heavy atom. The van der Waals surface area contributed by atoms with Gasteiger partial charge in [-0.05, 0) is 18.2 Å². The molecule has 0 aliphatic rings. The number of aromatic nitrogens is 7. The van der Waals surface area contributed by atoms with Gasteiger partial charge in [-0.1, -0.05) is 17.3 Å². The van der Waals surface area contributed by atoms with Crippen LogP contribution in [0.25, 0.3) is 22.6 Å². The van der Waals surface area contributed by atoms with Gasteiger partial charge in [0.05, 0.1) is 29.2 Å². The first kappa shape index (κ1) is 15.5. The highest BCUT2D eigenvalue weighted by molar-refractivity contribution is 5.68. The van der Waals surface area contributed by atoms with Crippen molar-refractivity contribution in [1.82, 2.24) is 34.9 Å². The molecule has 126 valence electrons. The molecule has 3 N–H and O–H groups in total. The summed E-state index contributed by atoms with van der Waals surface area (Å²) in [5.41, 5.74) is 8.94. The van der Waals surface area contributed by atoms with Crippen molar-refractivity contribution >= 4 is 5.95 Å². The molecule has 0 saturated heterocycles. The summed E-state index contributed by atoms with van der Waals surface area (Å²) >= 11 is 0. The second-order valence-electron chi connectivity index (χ2n) is 5.53. The molecule has 0 amide bonds. The normalized spacial score (nSPS) is 10.6. The van der Waals surface area contributed by atoms with Crippen LogP contribution in [0.4, 0.5) is 5.95 Å². The van der Waals surface area contributed by atoms with E-state index in [1.165, 1.54) is 0 Å². The number of nitrogen functional groups attached to an aromatic ring is 1. The van der Waals surface area contributed by atoms with Crippen LogP contribution >= 0.6 is 0 Å². The number of nitrogens with zero attached hydrogens (tertiary/aromatic N) is 7.